The maximum Gasteiger partial charge on any atom is 0.280 e. The van der Waals surface area contributed by atoms with E-state index in [2.05, 4.69) is 10.6 Å². The van der Waals surface area contributed by atoms with Crippen LogP contribution in [0.5, 0.6) is 11.5 Å². The monoisotopic (exact) mass is 349 g/mol. The summed E-state index contributed by atoms with van der Waals surface area (Å²) in [5, 5.41) is 16.3. The maximum absolute atomic E-state index is 11.9. The number of carbonyl (C=O) groups is 2. The quantitative estimate of drug-likeness (QED) is 0.436. The first-order valence-electron chi connectivity index (χ1n) is 7.76. The Hall–Kier alpha value is -3.10. The second-order valence-electron chi connectivity index (χ2n) is 5.38. The Morgan fingerprint density at radius 1 is 1.36 bits per heavy atom. The first-order chi connectivity index (χ1) is 11.9. The first kappa shape index (κ1) is 18.2. The van der Waals surface area contributed by atoms with Crippen molar-refractivity contribution in [2.75, 3.05) is 13.3 Å². The summed E-state index contributed by atoms with van der Waals surface area (Å²) < 4.78 is 10.3. The van der Waals surface area contributed by atoms with Crippen molar-refractivity contribution in [2.24, 2.45) is 0 Å². The molecule has 0 spiro atoms. The van der Waals surface area contributed by atoms with Gasteiger partial charge in [-0.2, -0.15) is 0 Å². The molecule has 1 aliphatic rings. The number of nitrogens with one attached hydrogen (secondary N) is 2. The molecule has 0 unspecified atom stereocenters. The summed E-state index contributed by atoms with van der Waals surface area (Å²) in [6.07, 6.45) is 3.22. The van der Waals surface area contributed by atoms with Gasteiger partial charge in [-0.3, -0.25) is 19.7 Å². The van der Waals surface area contributed by atoms with Gasteiger partial charge >= 0.3 is 0 Å². The number of carbonyl (C=O) groups excluding carboxylic acids is 2. The molecule has 25 heavy (non-hydrogen) atoms. The molecule has 1 aromatic carbocycles. The van der Waals surface area contributed by atoms with Crippen molar-refractivity contribution in [1.82, 2.24) is 10.6 Å². The normalized spacial score (nSPS) is 13.5. The molecule has 0 fully saturated rings. The molecule has 0 saturated carbocycles. The van der Waals surface area contributed by atoms with Crippen molar-refractivity contribution >= 4 is 23.6 Å². The summed E-state index contributed by atoms with van der Waals surface area (Å²) in [5.74, 6) is -0.170. The lowest BCUT2D eigenvalue weighted by Gasteiger charge is -2.12. The van der Waals surface area contributed by atoms with Crippen molar-refractivity contribution in [3.63, 3.8) is 0 Å². The molecule has 0 bridgehead atoms. The Morgan fingerprint density at radius 3 is 2.68 bits per heavy atom. The van der Waals surface area contributed by atoms with E-state index in [0.29, 0.717) is 12.3 Å². The highest BCUT2D eigenvalue weighted by Crippen LogP contribution is 2.38. The lowest BCUT2D eigenvalue weighted by molar-refractivity contribution is -0.385. The van der Waals surface area contributed by atoms with Gasteiger partial charge in [-0.15, -0.1) is 0 Å². The highest BCUT2D eigenvalue weighted by Gasteiger charge is 2.22. The Kier molecular flexibility index (Phi) is 5.93. The third kappa shape index (κ3) is 4.69. The van der Waals surface area contributed by atoms with Gasteiger partial charge in [-0.05, 0) is 25.5 Å². The van der Waals surface area contributed by atoms with E-state index in [0.717, 1.165) is 12.5 Å². The number of amides is 2. The molecule has 9 nitrogen and oxygen atoms in total. The van der Waals surface area contributed by atoms with E-state index in [1.807, 2.05) is 6.92 Å². The van der Waals surface area contributed by atoms with Gasteiger partial charge in [0, 0.05) is 12.6 Å². The van der Waals surface area contributed by atoms with Crippen molar-refractivity contribution in [3.8, 4) is 11.5 Å². The van der Waals surface area contributed by atoms with Crippen molar-refractivity contribution in [1.29, 1.82) is 0 Å². The zero-order chi connectivity index (χ0) is 18.4. The number of benzene rings is 1. The zero-order valence-corrected chi connectivity index (χ0v) is 13.9. The van der Waals surface area contributed by atoms with E-state index in [9.17, 15) is 19.7 Å². The summed E-state index contributed by atoms with van der Waals surface area (Å²) in [5.41, 5.74) is -0.00507. The molecule has 1 heterocycles. The molecule has 0 saturated heterocycles. The number of nitro groups is 1. The fourth-order valence-corrected chi connectivity index (χ4v) is 2.13. The Bertz CT molecular complexity index is 716. The standard InChI is InChI=1S/C16H19N3O6/c1-3-6-17-16(21)10(2)18-15(20)5-4-11-7-13-14(25-9-24-13)8-12(11)19(22)23/h4-5,7-8,10H,3,6,9H2,1-2H3,(H,17,21)(H,18,20)/b5-4+/t10-/m1/s1. The molecule has 0 aromatic heterocycles. The molecule has 9 heteroatoms. The molecule has 134 valence electrons. The molecule has 1 atom stereocenters. The molecule has 1 aliphatic heterocycles. The van der Waals surface area contributed by atoms with Crippen LogP contribution in [0.15, 0.2) is 18.2 Å². The van der Waals surface area contributed by atoms with Crippen LogP contribution >= 0.6 is 0 Å². The average molecular weight is 349 g/mol. The van der Waals surface area contributed by atoms with E-state index in [4.69, 9.17) is 9.47 Å². The fraction of sp³-hybridized carbons (Fsp3) is 0.375. The molecule has 2 N–H and O–H groups in total. The average Bonchev–Trinajstić information content (AvgIpc) is 3.04. The van der Waals surface area contributed by atoms with E-state index in [-0.39, 0.29) is 29.7 Å². The maximum atomic E-state index is 11.9. The van der Waals surface area contributed by atoms with E-state index < -0.39 is 16.9 Å². The van der Waals surface area contributed by atoms with Crippen LogP contribution in [0.25, 0.3) is 6.08 Å². The number of fused-ring (bicyclic) bond motifs is 1. The van der Waals surface area contributed by atoms with Gasteiger partial charge in [0.25, 0.3) is 5.69 Å². The van der Waals surface area contributed by atoms with Crippen LogP contribution in [0, 0.1) is 10.1 Å². The molecular formula is C16H19N3O6. The van der Waals surface area contributed by atoms with Gasteiger partial charge in [0.05, 0.1) is 16.6 Å². The summed E-state index contributed by atoms with van der Waals surface area (Å²) in [6, 6.07) is 1.97. The van der Waals surface area contributed by atoms with Crippen LogP contribution in [-0.4, -0.2) is 36.1 Å². The summed E-state index contributed by atoms with van der Waals surface area (Å²) >= 11 is 0. The smallest absolute Gasteiger partial charge is 0.280 e. The Labute approximate surface area is 144 Å². The largest absolute Gasteiger partial charge is 0.454 e. The number of nitrogens with zero attached hydrogens (tertiary/aromatic N) is 1. The van der Waals surface area contributed by atoms with E-state index in [1.54, 1.807) is 6.92 Å². The second-order valence-corrected chi connectivity index (χ2v) is 5.38. The van der Waals surface area contributed by atoms with Crippen LogP contribution in [-0.2, 0) is 9.59 Å². The van der Waals surface area contributed by atoms with Crippen LogP contribution in [0.2, 0.25) is 0 Å². The van der Waals surface area contributed by atoms with Gasteiger partial charge in [-0.1, -0.05) is 6.92 Å². The van der Waals surface area contributed by atoms with E-state index in [1.165, 1.54) is 18.2 Å². The molecule has 0 aliphatic carbocycles. The summed E-state index contributed by atoms with van der Waals surface area (Å²) in [7, 11) is 0. The molecule has 2 rings (SSSR count). The van der Waals surface area contributed by atoms with Crippen LogP contribution in [0.4, 0.5) is 5.69 Å². The van der Waals surface area contributed by atoms with Crippen molar-refractivity contribution < 1.29 is 24.0 Å². The number of hydrogen-bond donors (Lipinski definition) is 2. The van der Waals surface area contributed by atoms with Crippen LogP contribution < -0.4 is 20.1 Å². The predicted molar refractivity (Wildman–Crippen MR) is 89.2 cm³/mol. The Balaban J connectivity index is 2.07. The van der Waals surface area contributed by atoms with Gasteiger partial charge in [0.2, 0.25) is 18.6 Å². The third-order valence-corrected chi connectivity index (χ3v) is 3.43. The van der Waals surface area contributed by atoms with Crippen molar-refractivity contribution in [2.45, 2.75) is 26.3 Å². The van der Waals surface area contributed by atoms with Crippen LogP contribution in [0.1, 0.15) is 25.8 Å². The summed E-state index contributed by atoms with van der Waals surface area (Å²) in [6.45, 7) is 3.99. The minimum atomic E-state index is -0.713. The predicted octanol–water partition coefficient (Wildman–Crippen LogP) is 1.37. The first-order valence-corrected chi connectivity index (χ1v) is 7.76. The van der Waals surface area contributed by atoms with Gasteiger partial charge < -0.3 is 20.1 Å². The molecule has 0 radical (unpaired) electrons. The van der Waals surface area contributed by atoms with Crippen LogP contribution in [0.3, 0.4) is 0 Å². The van der Waals surface area contributed by atoms with Gasteiger partial charge in [-0.25, -0.2) is 0 Å². The Morgan fingerprint density at radius 2 is 2.04 bits per heavy atom. The number of ether oxygens (including phenoxy) is 2. The van der Waals surface area contributed by atoms with Crippen molar-refractivity contribution in [3.05, 3.63) is 33.9 Å². The lowest BCUT2D eigenvalue weighted by atomic mass is 10.1. The molecule has 1 aromatic rings. The third-order valence-electron chi connectivity index (χ3n) is 3.43. The minimum absolute atomic E-state index is 0.00940. The highest BCUT2D eigenvalue weighted by atomic mass is 16.7. The topological polar surface area (TPSA) is 120 Å². The number of rotatable bonds is 7. The zero-order valence-electron chi connectivity index (χ0n) is 13.9. The van der Waals surface area contributed by atoms with E-state index >= 15 is 0 Å². The molecule has 2 amide bonds. The SMILES string of the molecule is CCCNC(=O)[C@@H](C)NC(=O)/C=C/c1cc2c(cc1[N+](=O)[O-])OCO2. The number of hydrogen-bond acceptors (Lipinski definition) is 6. The fourth-order valence-electron chi connectivity index (χ4n) is 2.13. The molecular weight excluding hydrogens is 330 g/mol. The second kappa shape index (κ2) is 8.13. The number of nitro benzene ring substituents is 1. The van der Waals surface area contributed by atoms with Gasteiger partial charge in [0.1, 0.15) is 6.04 Å². The summed E-state index contributed by atoms with van der Waals surface area (Å²) in [4.78, 5) is 34.2. The van der Waals surface area contributed by atoms with Gasteiger partial charge in [0.15, 0.2) is 11.5 Å². The highest BCUT2D eigenvalue weighted by molar-refractivity contribution is 5.95. The lowest BCUT2D eigenvalue weighted by Crippen LogP contribution is -2.44. The minimum Gasteiger partial charge on any atom is -0.454 e.